The fraction of sp³-hybridized carbons (Fsp3) is 0.0769. The third kappa shape index (κ3) is 3.00. The minimum atomic E-state index is -3.77. The van der Waals surface area contributed by atoms with Crippen LogP contribution in [0.1, 0.15) is 5.56 Å². The smallest absolute Gasteiger partial charge is 0.262 e. The van der Waals surface area contributed by atoms with Crippen molar-refractivity contribution in [2.45, 2.75) is 11.8 Å². The third-order valence-electron chi connectivity index (χ3n) is 2.74. The van der Waals surface area contributed by atoms with Gasteiger partial charge in [0.15, 0.2) is 0 Å². The van der Waals surface area contributed by atoms with E-state index in [9.17, 15) is 8.42 Å². The summed E-state index contributed by atoms with van der Waals surface area (Å²) in [7, 11) is -3.77. The number of nitrogen functional groups attached to an aromatic ring is 1. The van der Waals surface area contributed by atoms with E-state index < -0.39 is 10.0 Å². The predicted molar refractivity (Wildman–Crippen MR) is 82.9 cm³/mol. The standard InChI is InChI=1S/C13H12Cl2N2O2S/c1-8-3-2-4-10(14)13(8)17-20(18,19)9-5-6-12(16)11(15)7-9/h2-7,17H,16H2,1H3. The molecule has 0 aliphatic rings. The van der Waals surface area contributed by atoms with Gasteiger partial charge in [0.1, 0.15) is 0 Å². The molecule has 4 nitrogen and oxygen atoms in total. The molecule has 2 aromatic rings. The first-order chi connectivity index (χ1) is 9.31. The van der Waals surface area contributed by atoms with Gasteiger partial charge in [-0.15, -0.1) is 0 Å². The summed E-state index contributed by atoms with van der Waals surface area (Å²) in [6, 6.07) is 9.25. The van der Waals surface area contributed by atoms with Crippen LogP contribution in [0.25, 0.3) is 0 Å². The van der Waals surface area contributed by atoms with E-state index in [-0.39, 0.29) is 9.92 Å². The summed E-state index contributed by atoms with van der Waals surface area (Å²) < 4.78 is 27.1. The van der Waals surface area contributed by atoms with E-state index in [2.05, 4.69) is 4.72 Å². The number of sulfonamides is 1. The molecule has 0 fully saturated rings. The molecular formula is C13H12Cl2N2O2S. The predicted octanol–water partition coefficient (Wildman–Crippen LogP) is 3.68. The molecule has 0 spiro atoms. The Morgan fingerprint density at radius 1 is 1.10 bits per heavy atom. The van der Waals surface area contributed by atoms with Gasteiger partial charge in [0.25, 0.3) is 10.0 Å². The van der Waals surface area contributed by atoms with Crippen molar-refractivity contribution in [3.8, 4) is 0 Å². The van der Waals surface area contributed by atoms with E-state index >= 15 is 0 Å². The van der Waals surface area contributed by atoms with Gasteiger partial charge < -0.3 is 5.73 Å². The summed E-state index contributed by atoms with van der Waals surface area (Å²) in [6.07, 6.45) is 0. The lowest BCUT2D eigenvalue weighted by atomic mass is 10.2. The van der Waals surface area contributed by atoms with Crippen LogP contribution in [0.2, 0.25) is 10.0 Å². The average molecular weight is 331 g/mol. The van der Waals surface area contributed by atoms with E-state index in [1.807, 2.05) is 0 Å². The van der Waals surface area contributed by atoms with Gasteiger partial charge >= 0.3 is 0 Å². The Morgan fingerprint density at radius 2 is 1.80 bits per heavy atom. The van der Waals surface area contributed by atoms with Crippen LogP contribution in [-0.2, 0) is 10.0 Å². The first kappa shape index (κ1) is 15.0. The Labute approximate surface area is 127 Å². The van der Waals surface area contributed by atoms with Gasteiger partial charge in [-0.25, -0.2) is 8.42 Å². The fourth-order valence-corrected chi connectivity index (χ4v) is 3.38. The number of hydrogen-bond donors (Lipinski definition) is 2. The molecule has 0 aromatic heterocycles. The van der Waals surface area contributed by atoms with Crippen LogP contribution in [0.3, 0.4) is 0 Å². The number of rotatable bonds is 3. The van der Waals surface area contributed by atoms with E-state index in [1.165, 1.54) is 18.2 Å². The summed E-state index contributed by atoms with van der Waals surface area (Å²) in [6.45, 7) is 1.76. The van der Waals surface area contributed by atoms with Gasteiger partial charge in [-0.1, -0.05) is 35.3 Å². The molecule has 7 heteroatoms. The van der Waals surface area contributed by atoms with Crippen LogP contribution in [0.5, 0.6) is 0 Å². The largest absolute Gasteiger partial charge is 0.398 e. The first-order valence-electron chi connectivity index (χ1n) is 5.64. The highest BCUT2D eigenvalue weighted by atomic mass is 35.5. The van der Waals surface area contributed by atoms with E-state index in [4.69, 9.17) is 28.9 Å². The third-order valence-corrected chi connectivity index (χ3v) is 4.73. The van der Waals surface area contributed by atoms with Crippen molar-refractivity contribution in [1.29, 1.82) is 0 Å². The van der Waals surface area contributed by atoms with Crippen LogP contribution in [-0.4, -0.2) is 8.42 Å². The lowest BCUT2D eigenvalue weighted by molar-refractivity contribution is 0.601. The van der Waals surface area contributed by atoms with Gasteiger partial charge in [0, 0.05) is 0 Å². The molecule has 0 heterocycles. The molecule has 0 saturated heterocycles. The second kappa shape index (κ2) is 5.52. The fourth-order valence-electron chi connectivity index (χ4n) is 1.63. The summed E-state index contributed by atoms with van der Waals surface area (Å²) >= 11 is 11.8. The SMILES string of the molecule is Cc1cccc(Cl)c1NS(=O)(=O)c1ccc(N)c(Cl)c1. The number of nitrogens with one attached hydrogen (secondary N) is 1. The van der Waals surface area contributed by atoms with E-state index in [0.29, 0.717) is 16.4 Å². The number of nitrogens with two attached hydrogens (primary N) is 1. The Morgan fingerprint density at radius 3 is 2.40 bits per heavy atom. The highest BCUT2D eigenvalue weighted by Gasteiger charge is 2.17. The van der Waals surface area contributed by atoms with Gasteiger partial charge in [-0.05, 0) is 36.8 Å². The molecule has 0 radical (unpaired) electrons. The monoisotopic (exact) mass is 330 g/mol. The molecular weight excluding hydrogens is 319 g/mol. The Kier molecular flexibility index (Phi) is 4.13. The van der Waals surface area contributed by atoms with E-state index in [0.717, 1.165) is 5.56 Å². The average Bonchev–Trinajstić information content (AvgIpc) is 2.37. The zero-order valence-electron chi connectivity index (χ0n) is 10.5. The van der Waals surface area contributed by atoms with Crippen molar-refractivity contribution < 1.29 is 8.42 Å². The minimum absolute atomic E-state index is 0.0241. The number of aryl methyl sites for hydroxylation is 1. The van der Waals surface area contributed by atoms with Crippen molar-refractivity contribution in [3.63, 3.8) is 0 Å². The molecule has 20 heavy (non-hydrogen) atoms. The second-order valence-corrected chi connectivity index (χ2v) is 6.72. The normalized spacial score (nSPS) is 11.3. The van der Waals surface area contributed by atoms with Crippen molar-refractivity contribution >= 4 is 44.6 Å². The van der Waals surface area contributed by atoms with Crippen LogP contribution in [0.15, 0.2) is 41.3 Å². The highest BCUT2D eigenvalue weighted by Crippen LogP contribution is 2.29. The maximum Gasteiger partial charge on any atom is 0.262 e. The molecule has 106 valence electrons. The second-order valence-electron chi connectivity index (χ2n) is 4.22. The maximum absolute atomic E-state index is 12.3. The lowest BCUT2D eigenvalue weighted by Crippen LogP contribution is -2.14. The van der Waals surface area contributed by atoms with Gasteiger partial charge in [-0.3, -0.25) is 4.72 Å². The molecule has 0 amide bonds. The summed E-state index contributed by atoms with van der Waals surface area (Å²) in [5.41, 5.74) is 6.96. The number of para-hydroxylation sites is 1. The van der Waals surface area contributed by atoms with Crippen LogP contribution >= 0.6 is 23.2 Å². The zero-order chi connectivity index (χ0) is 14.9. The number of benzene rings is 2. The molecule has 0 aliphatic heterocycles. The molecule has 0 unspecified atom stereocenters. The van der Waals surface area contributed by atoms with Crippen LogP contribution < -0.4 is 10.5 Å². The molecule has 2 aromatic carbocycles. The topological polar surface area (TPSA) is 72.2 Å². The van der Waals surface area contributed by atoms with Crippen LogP contribution in [0, 0.1) is 6.92 Å². The molecule has 0 bridgehead atoms. The Hall–Kier alpha value is -1.43. The quantitative estimate of drug-likeness (QED) is 0.843. The number of anilines is 2. The summed E-state index contributed by atoms with van der Waals surface area (Å²) in [4.78, 5) is 0.0241. The maximum atomic E-state index is 12.3. The number of hydrogen-bond acceptors (Lipinski definition) is 3. The molecule has 0 atom stereocenters. The highest BCUT2D eigenvalue weighted by molar-refractivity contribution is 7.92. The van der Waals surface area contributed by atoms with Gasteiger partial charge in [0.05, 0.1) is 26.3 Å². The molecule has 3 N–H and O–H groups in total. The van der Waals surface area contributed by atoms with Crippen molar-refractivity contribution in [2.24, 2.45) is 0 Å². The molecule has 2 rings (SSSR count). The van der Waals surface area contributed by atoms with Crippen LogP contribution in [0.4, 0.5) is 11.4 Å². The Balaban J connectivity index is 2.43. The lowest BCUT2D eigenvalue weighted by Gasteiger charge is -2.12. The van der Waals surface area contributed by atoms with Crippen molar-refractivity contribution in [1.82, 2.24) is 0 Å². The zero-order valence-corrected chi connectivity index (χ0v) is 12.9. The summed E-state index contributed by atoms with van der Waals surface area (Å²) in [5, 5.41) is 0.513. The van der Waals surface area contributed by atoms with Gasteiger partial charge in [0.2, 0.25) is 0 Å². The van der Waals surface area contributed by atoms with E-state index in [1.54, 1.807) is 25.1 Å². The van der Waals surface area contributed by atoms with Gasteiger partial charge in [-0.2, -0.15) is 0 Å². The molecule has 0 saturated carbocycles. The van der Waals surface area contributed by atoms with Crippen molar-refractivity contribution in [3.05, 3.63) is 52.0 Å². The Bertz CT molecular complexity index is 741. The first-order valence-corrected chi connectivity index (χ1v) is 7.88. The molecule has 0 aliphatic carbocycles. The summed E-state index contributed by atoms with van der Waals surface area (Å²) in [5.74, 6) is 0. The number of halogens is 2. The minimum Gasteiger partial charge on any atom is -0.398 e. The van der Waals surface area contributed by atoms with Crippen molar-refractivity contribution in [2.75, 3.05) is 10.5 Å².